The Bertz CT molecular complexity index is 374. The molecule has 1 aromatic rings. The average molecular weight is 241 g/mol. The summed E-state index contributed by atoms with van der Waals surface area (Å²) in [5.74, 6) is 0.656. The van der Waals surface area contributed by atoms with E-state index in [1.165, 1.54) is 12.5 Å². The smallest absolute Gasteiger partial charge is 0.152 e. The lowest BCUT2D eigenvalue weighted by Gasteiger charge is -2.14. The molecule has 0 aliphatic carbocycles. The highest BCUT2D eigenvalue weighted by atomic mass is 35.5. The first-order chi connectivity index (χ1) is 7.60. The van der Waals surface area contributed by atoms with Gasteiger partial charge in [0.05, 0.1) is 6.61 Å². The van der Waals surface area contributed by atoms with E-state index in [1.807, 2.05) is 25.1 Å². The first kappa shape index (κ1) is 13.0. The maximum absolute atomic E-state index is 11.3. The van der Waals surface area contributed by atoms with Crippen molar-refractivity contribution in [1.29, 1.82) is 0 Å². The zero-order valence-corrected chi connectivity index (χ0v) is 10.7. The SMILES string of the molecule is CCOc1cc(CC)ccc1C(Cl)C(C)=O. The fourth-order valence-corrected chi connectivity index (χ4v) is 1.69. The van der Waals surface area contributed by atoms with Crippen molar-refractivity contribution in [2.24, 2.45) is 0 Å². The average Bonchev–Trinajstić information content (AvgIpc) is 2.28. The van der Waals surface area contributed by atoms with Gasteiger partial charge in [-0.15, -0.1) is 11.6 Å². The molecule has 0 aliphatic heterocycles. The number of Topliss-reactive ketones (excluding diaryl/α,β-unsaturated/α-hetero) is 1. The van der Waals surface area contributed by atoms with E-state index in [-0.39, 0.29) is 5.78 Å². The number of benzene rings is 1. The first-order valence-corrected chi connectivity index (χ1v) is 5.93. The van der Waals surface area contributed by atoms with E-state index in [1.54, 1.807) is 0 Å². The van der Waals surface area contributed by atoms with Crippen LogP contribution in [0.4, 0.5) is 0 Å². The Morgan fingerprint density at radius 1 is 1.44 bits per heavy atom. The molecule has 1 aromatic carbocycles. The number of rotatable bonds is 5. The zero-order chi connectivity index (χ0) is 12.1. The largest absolute Gasteiger partial charge is 0.494 e. The standard InChI is InChI=1S/C13H17ClO2/c1-4-10-6-7-11(13(14)9(3)15)12(8-10)16-5-2/h6-8,13H,4-5H2,1-3H3. The van der Waals surface area contributed by atoms with Gasteiger partial charge >= 0.3 is 0 Å². The Balaban J connectivity index is 3.11. The molecule has 0 aromatic heterocycles. The van der Waals surface area contributed by atoms with Gasteiger partial charge in [-0.3, -0.25) is 4.79 Å². The van der Waals surface area contributed by atoms with E-state index < -0.39 is 5.38 Å². The van der Waals surface area contributed by atoms with Crippen molar-refractivity contribution in [1.82, 2.24) is 0 Å². The number of hydrogen-bond donors (Lipinski definition) is 0. The second-order valence-electron chi connectivity index (χ2n) is 3.63. The fraction of sp³-hybridized carbons (Fsp3) is 0.462. The summed E-state index contributed by atoms with van der Waals surface area (Å²) in [6, 6.07) is 5.82. The molecule has 0 aliphatic rings. The Morgan fingerprint density at radius 2 is 2.12 bits per heavy atom. The molecular weight excluding hydrogens is 224 g/mol. The van der Waals surface area contributed by atoms with Crippen LogP contribution in [-0.2, 0) is 11.2 Å². The van der Waals surface area contributed by atoms with Gasteiger partial charge in [-0.1, -0.05) is 19.1 Å². The van der Waals surface area contributed by atoms with Crippen LogP contribution >= 0.6 is 11.6 Å². The van der Waals surface area contributed by atoms with Gasteiger partial charge < -0.3 is 4.74 Å². The maximum Gasteiger partial charge on any atom is 0.152 e. The molecule has 0 heterocycles. The lowest BCUT2D eigenvalue weighted by molar-refractivity contribution is -0.116. The van der Waals surface area contributed by atoms with Crippen LogP contribution in [0, 0.1) is 0 Å². The Morgan fingerprint density at radius 3 is 2.62 bits per heavy atom. The third-order valence-electron chi connectivity index (χ3n) is 2.42. The van der Waals surface area contributed by atoms with Crippen LogP contribution in [0.25, 0.3) is 0 Å². The molecule has 88 valence electrons. The van der Waals surface area contributed by atoms with Crippen molar-refractivity contribution in [2.45, 2.75) is 32.6 Å². The van der Waals surface area contributed by atoms with Gasteiger partial charge in [0.1, 0.15) is 11.1 Å². The summed E-state index contributed by atoms with van der Waals surface area (Å²) < 4.78 is 5.51. The molecule has 0 fully saturated rings. The van der Waals surface area contributed by atoms with Gasteiger partial charge in [-0.2, -0.15) is 0 Å². The van der Waals surface area contributed by atoms with Gasteiger partial charge in [-0.25, -0.2) is 0 Å². The summed E-state index contributed by atoms with van der Waals surface area (Å²) in [5.41, 5.74) is 1.94. The van der Waals surface area contributed by atoms with Crippen LogP contribution in [0.3, 0.4) is 0 Å². The summed E-state index contributed by atoms with van der Waals surface area (Å²) in [5, 5.41) is -0.618. The van der Waals surface area contributed by atoms with Gasteiger partial charge in [-0.05, 0) is 31.9 Å². The molecule has 0 saturated carbocycles. The van der Waals surface area contributed by atoms with Gasteiger partial charge in [0.2, 0.25) is 0 Å². The summed E-state index contributed by atoms with van der Waals surface area (Å²) in [4.78, 5) is 11.3. The van der Waals surface area contributed by atoms with E-state index in [0.717, 1.165) is 17.7 Å². The number of carbonyl (C=O) groups is 1. The molecule has 0 radical (unpaired) electrons. The quantitative estimate of drug-likeness (QED) is 0.737. The number of halogens is 1. The Labute approximate surface area is 102 Å². The molecule has 0 N–H and O–H groups in total. The van der Waals surface area contributed by atoms with Crippen LogP contribution in [0.15, 0.2) is 18.2 Å². The predicted molar refractivity (Wildman–Crippen MR) is 66.3 cm³/mol. The number of alkyl halides is 1. The molecule has 1 unspecified atom stereocenters. The Kier molecular flexibility index (Phi) is 4.81. The van der Waals surface area contributed by atoms with E-state index in [4.69, 9.17) is 16.3 Å². The Hall–Kier alpha value is -1.02. The van der Waals surface area contributed by atoms with Crippen molar-refractivity contribution in [2.75, 3.05) is 6.61 Å². The summed E-state index contributed by atoms with van der Waals surface area (Å²) in [7, 11) is 0. The maximum atomic E-state index is 11.3. The molecule has 0 bridgehead atoms. The van der Waals surface area contributed by atoms with Gasteiger partial charge in [0.25, 0.3) is 0 Å². The van der Waals surface area contributed by atoms with Crippen molar-refractivity contribution in [3.63, 3.8) is 0 Å². The number of ether oxygens (including phenoxy) is 1. The third kappa shape index (κ3) is 2.99. The zero-order valence-electron chi connectivity index (χ0n) is 9.92. The van der Waals surface area contributed by atoms with Crippen LogP contribution < -0.4 is 4.74 Å². The second kappa shape index (κ2) is 5.90. The normalized spacial score (nSPS) is 12.2. The summed E-state index contributed by atoms with van der Waals surface area (Å²) in [6.45, 7) is 6.05. The molecule has 3 heteroatoms. The van der Waals surface area contributed by atoms with Crippen molar-refractivity contribution in [3.05, 3.63) is 29.3 Å². The number of ketones is 1. The molecule has 0 saturated heterocycles. The minimum atomic E-state index is -0.618. The molecule has 0 amide bonds. The molecular formula is C13H17ClO2. The minimum absolute atomic E-state index is 0.0631. The highest BCUT2D eigenvalue weighted by Crippen LogP contribution is 2.31. The van der Waals surface area contributed by atoms with Gasteiger partial charge in [0.15, 0.2) is 5.78 Å². The summed E-state index contributed by atoms with van der Waals surface area (Å²) in [6.07, 6.45) is 0.938. The highest BCUT2D eigenvalue weighted by Gasteiger charge is 2.18. The van der Waals surface area contributed by atoms with E-state index >= 15 is 0 Å². The van der Waals surface area contributed by atoms with Crippen LogP contribution in [-0.4, -0.2) is 12.4 Å². The number of hydrogen-bond acceptors (Lipinski definition) is 2. The van der Waals surface area contributed by atoms with Crippen molar-refractivity contribution >= 4 is 17.4 Å². The van der Waals surface area contributed by atoms with Crippen molar-refractivity contribution in [3.8, 4) is 5.75 Å². The minimum Gasteiger partial charge on any atom is -0.494 e. The van der Waals surface area contributed by atoms with Crippen LogP contribution in [0.5, 0.6) is 5.75 Å². The second-order valence-corrected chi connectivity index (χ2v) is 4.07. The van der Waals surface area contributed by atoms with E-state index in [2.05, 4.69) is 6.92 Å². The van der Waals surface area contributed by atoms with Gasteiger partial charge in [0, 0.05) is 5.56 Å². The summed E-state index contributed by atoms with van der Waals surface area (Å²) >= 11 is 6.05. The van der Waals surface area contributed by atoms with Crippen LogP contribution in [0.2, 0.25) is 0 Å². The van der Waals surface area contributed by atoms with Crippen LogP contribution in [0.1, 0.15) is 37.3 Å². The highest BCUT2D eigenvalue weighted by molar-refractivity contribution is 6.31. The molecule has 1 atom stereocenters. The molecule has 2 nitrogen and oxygen atoms in total. The third-order valence-corrected chi connectivity index (χ3v) is 2.96. The number of aryl methyl sites for hydroxylation is 1. The van der Waals surface area contributed by atoms with Crippen molar-refractivity contribution < 1.29 is 9.53 Å². The fourth-order valence-electron chi connectivity index (χ4n) is 1.51. The lowest BCUT2D eigenvalue weighted by Crippen LogP contribution is -2.05. The topological polar surface area (TPSA) is 26.3 Å². The molecule has 16 heavy (non-hydrogen) atoms. The predicted octanol–water partition coefficient (Wildman–Crippen LogP) is 3.52. The lowest BCUT2D eigenvalue weighted by atomic mass is 10.0. The molecule has 1 rings (SSSR count). The molecule has 0 spiro atoms. The first-order valence-electron chi connectivity index (χ1n) is 5.50. The van der Waals surface area contributed by atoms with E-state index in [0.29, 0.717) is 6.61 Å². The van der Waals surface area contributed by atoms with E-state index in [9.17, 15) is 4.79 Å². The number of carbonyl (C=O) groups excluding carboxylic acids is 1. The monoisotopic (exact) mass is 240 g/mol.